The molecule has 0 spiro atoms. The lowest BCUT2D eigenvalue weighted by Crippen LogP contribution is -2.50. The third-order valence-corrected chi connectivity index (χ3v) is 7.07. The van der Waals surface area contributed by atoms with Gasteiger partial charge in [-0.3, -0.25) is 0 Å². The molecule has 2 aromatic rings. The molecule has 1 N–H and O–H groups in total. The van der Waals surface area contributed by atoms with Gasteiger partial charge in [0.2, 0.25) is 0 Å². The minimum absolute atomic E-state index is 0.225. The molecule has 0 amide bonds. The number of benzene rings is 1. The van der Waals surface area contributed by atoms with Crippen molar-refractivity contribution in [1.29, 1.82) is 0 Å². The van der Waals surface area contributed by atoms with Crippen molar-refractivity contribution in [2.75, 3.05) is 31.6 Å². The Labute approximate surface area is 167 Å². The van der Waals surface area contributed by atoms with Crippen molar-refractivity contribution in [3.63, 3.8) is 0 Å². The van der Waals surface area contributed by atoms with E-state index in [9.17, 15) is 8.78 Å². The maximum atomic E-state index is 14.3. The number of hydrogen-bond donors (Lipinski definition) is 1. The van der Waals surface area contributed by atoms with Crippen molar-refractivity contribution in [3.05, 3.63) is 46.8 Å². The van der Waals surface area contributed by atoms with E-state index in [0.29, 0.717) is 17.3 Å². The monoisotopic (exact) mass is 403 g/mol. The largest absolute Gasteiger partial charge is 0.478 e. The number of piperidine rings is 3. The van der Waals surface area contributed by atoms with Gasteiger partial charge in [-0.15, -0.1) is 11.3 Å². The van der Waals surface area contributed by atoms with E-state index in [1.807, 2.05) is 0 Å². The molecule has 28 heavy (non-hydrogen) atoms. The van der Waals surface area contributed by atoms with Crippen molar-refractivity contribution in [3.8, 4) is 10.4 Å². The van der Waals surface area contributed by atoms with Crippen LogP contribution in [0.25, 0.3) is 10.4 Å². The highest BCUT2D eigenvalue weighted by molar-refractivity contribution is 7.13. The van der Waals surface area contributed by atoms with Crippen LogP contribution in [-0.4, -0.2) is 36.1 Å². The number of nitrogens with one attached hydrogen (secondary N) is 1. The first kappa shape index (κ1) is 18.1. The topological polar surface area (TPSA) is 37.4 Å². The minimum atomic E-state index is -0.850. The standard InChI is InChI=1S/C21H23F2N3OS/c22-16-3-1-2-15(17(16)23)18-19(24-13-28-18)25-20(14-4-5-14)27-12-21-6-9-26(10-7-21)11-8-21/h1-3,13,25H,4-12H2. The molecule has 4 fully saturated rings. The summed E-state index contributed by atoms with van der Waals surface area (Å²) in [6, 6.07) is 4.22. The van der Waals surface area contributed by atoms with Gasteiger partial charge in [0, 0.05) is 11.0 Å². The Morgan fingerprint density at radius 1 is 1.18 bits per heavy atom. The molecule has 7 heteroatoms. The summed E-state index contributed by atoms with van der Waals surface area (Å²) in [5, 5.41) is 3.29. The van der Waals surface area contributed by atoms with Crippen molar-refractivity contribution in [1.82, 2.24) is 9.88 Å². The van der Waals surface area contributed by atoms with Gasteiger partial charge in [0.05, 0.1) is 17.0 Å². The molecular formula is C21H23F2N3OS. The average molecular weight is 403 g/mol. The van der Waals surface area contributed by atoms with Crippen LogP contribution in [0.3, 0.4) is 0 Å². The Kier molecular flexibility index (Phi) is 4.59. The fraction of sp³-hybridized carbons (Fsp3) is 0.476. The zero-order valence-corrected chi connectivity index (χ0v) is 16.5. The molecular weight excluding hydrogens is 380 g/mol. The van der Waals surface area contributed by atoms with Gasteiger partial charge in [-0.1, -0.05) is 12.1 Å². The molecule has 1 aromatic heterocycles. The summed E-state index contributed by atoms with van der Waals surface area (Å²) in [6.07, 6.45) is 5.58. The number of rotatable bonds is 6. The Bertz CT molecular complexity index is 898. The van der Waals surface area contributed by atoms with Gasteiger partial charge in [0.15, 0.2) is 23.3 Å². The Hall–Kier alpha value is -1.99. The van der Waals surface area contributed by atoms with Gasteiger partial charge in [-0.25, -0.2) is 13.8 Å². The zero-order chi connectivity index (χ0) is 19.1. The lowest BCUT2D eigenvalue weighted by molar-refractivity contribution is -0.0251. The van der Waals surface area contributed by atoms with Crippen molar-refractivity contribution in [2.45, 2.75) is 32.1 Å². The summed E-state index contributed by atoms with van der Waals surface area (Å²) in [5.41, 5.74) is 3.38. The Morgan fingerprint density at radius 3 is 2.64 bits per heavy atom. The SMILES string of the molecule is Fc1cccc(-c2scnc2NC(OCC23CCN(CC2)CC3)=C2CC2)c1F. The predicted octanol–water partition coefficient (Wildman–Crippen LogP) is 5.01. The van der Waals surface area contributed by atoms with E-state index in [1.165, 1.54) is 42.2 Å². The summed E-state index contributed by atoms with van der Waals surface area (Å²) in [7, 11) is 0. The quantitative estimate of drug-likeness (QED) is 0.688. The number of hydrogen-bond acceptors (Lipinski definition) is 5. The Balaban J connectivity index is 1.34. The molecule has 0 atom stereocenters. The van der Waals surface area contributed by atoms with E-state index < -0.39 is 11.6 Å². The molecule has 4 aliphatic rings. The first-order chi connectivity index (χ1) is 13.6. The molecule has 4 nitrogen and oxygen atoms in total. The number of halogens is 2. The van der Waals surface area contributed by atoms with Gasteiger partial charge in [0.25, 0.3) is 0 Å². The molecule has 0 radical (unpaired) electrons. The first-order valence-electron chi connectivity index (χ1n) is 9.86. The Morgan fingerprint density at radius 2 is 1.93 bits per heavy atom. The van der Waals surface area contributed by atoms with E-state index >= 15 is 0 Å². The maximum Gasteiger partial charge on any atom is 0.191 e. The molecule has 0 unspecified atom stereocenters. The fourth-order valence-electron chi connectivity index (χ4n) is 4.17. The van der Waals surface area contributed by atoms with Crippen LogP contribution in [0.15, 0.2) is 35.2 Å². The van der Waals surface area contributed by atoms with E-state index in [2.05, 4.69) is 15.2 Å². The van der Waals surface area contributed by atoms with Crippen LogP contribution in [0, 0.1) is 17.0 Å². The van der Waals surface area contributed by atoms with E-state index in [0.717, 1.165) is 44.4 Å². The van der Waals surface area contributed by atoms with Gasteiger partial charge in [-0.2, -0.15) is 0 Å². The van der Waals surface area contributed by atoms with Crippen LogP contribution < -0.4 is 5.32 Å². The summed E-state index contributed by atoms with van der Waals surface area (Å²) < 4.78 is 34.2. The maximum absolute atomic E-state index is 14.3. The second-order valence-electron chi connectivity index (χ2n) is 8.07. The highest BCUT2D eigenvalue weighted by Gasteiger charge is 2.40. The van der Waals surface area contributed by atoms with E-state index in [1.54, 1.807) is 11.6 Å². The summed E-state index contributed by atoms with van der Waals surface area (Å²) in [4.78, 5) is 7.46. The summed E-state index contributed by atoms with van der Waals surface area (Å²) >= 11 is 1.29. The molecule has 3 saturated heterocycles. The number of nitrogens with zero attached hydrogens (tertiary/aromatic N) is 2. The smallest absolute Gasteiger partial charge is 0.191 e. The van der Waals surface area contributed by atoms with E-state index in [4.69, 9.17) is 4.74 Å². The highest BCUT2D eigenvalue weighted by Crippen LogP contribution is 2.42. The summed E-state index contributed by atoms with van der Waals surface area (Å²) in [5.74, 6) is -0.410. The lowest BCUT2D eigenvalue weighted by atomic mass is 9.73. The first-order valence-corrected chi connectivity index (χ1v) is 10.7. The van der Waals surface area contributed by atoms with Crippen molar-refractivity contribution in [2.24, 2.45) is 5.41 Å². The number of fused-ring (bicyclic) bond motifs is 3. The molecule has 2 bridgehead atoms. The van der Waals surface area contributed by atoms with Crippen LogP contribution in [0.4, 0.5) is 14.6 Å². The van der Waals surface area contributed by atoms with Crippen molar-refractivity contribution >= 4 is 17.2 Å². The van der Waals surface area contributed by atoms with Crippen LogP contribution in [0.5, 0.6) is 0 Å². The van der Waals surface area contributed by atoms with Gasteiger partial charge >= 0.3 is 0 Å². The third-order valence-electron chi connectivity index (χ3n) is 6.21. The third kappa shape index (κ3) is 3.42. The highest BCUT2D eigenvalue weighted by atomic mass is 32.1. The molecule has 3 aliphatic heterocycles. The summed E-state index contributed by atoms with van der Waals surface area (Å²) in [6.45, 7) is 4.20. The molecule has 4 heterocycles. The zero-order valence-electron chi connectivity index (χ0n) is 15.6. The minimum Gasteiger partial charge on any atom is -0.478 e. The molecule has 1 aromatic carbocycles. The van der Waals surface area contributed by atoms with Crippen LogP contribution in [0.2, 0.25) is 0 Å². The van der Waals surface area contributed by atoms with Crippen LogP contribution in [-0.2, 0) is 4.74 Å². The predicted molar refractivity (Wildman–Crippen MR) is 106 cm³/mol. The lowest BCUT2D eigenvalue weighted by Gasteiger charge is -2.48. The number of aromatic nitrogens is 1. The number of thiazole rings is 1. The van der Waals surface area contributed by atoms with Crippen LogP contribution in [0.1, 0.15) is 32.1 Å². The van der Waals surface area contributed by atoms with Gasteiger partial charge in [0.1, 0.15) is 0 Å². The average Bonchev–Trinajstić information content (AvgIpc) is 3.47. The van der Waals surface area contributed by atoms with Gasteiger partial charge < -0.3 is 15.0 Å². The second-order valence-corrected chi connectivity index (χ2v) is 8.92. The van der Waals surface area contributed by atoms with E-state index in [-0.39, 0.29) is 11.0 Å². The number of ether oxygens (including phenoxy) is 1. The fourth-order valence-corrected chi connectivity index (χ4v) is 4.93. The molecule has 1 aliphatic carbocycles. The molecule has 6 rings (SSSR count). The van der Waals surface area contributed by atoms with Crippen molar-refractivity contribution < 1.29 is 13.5 Å². The van der Waals surface area contributed by atoms with Crippen LogP contribution >= 0.6 is 11.3 Å². The number of allylic oxidation sites excluding steroid dienone is 1. The molecule has 148 valence electrons. The molecule has 1 saturated carbocycles. The normalized spacial score (nSPS) is 25.6. The number of anilines is 1. The van der Waals surface area contributed by atoms with Gasteiger partial charge in [-0.05, 0) is 63.4 Å². The second kappa shape index (κ2) is 7.12.